The fourth-order valence-corrected chi connectivity index (χ4v) is 5.43. The van der Waals surface area contributed by atoms with E-state index in [1.54, 1.807) is 32.9 Å². The molecular formula is C24H32N8O3S. The van der Waals surface area contributed by atoms with Crippen LogP contribution < -0.4 is 5.84 Å². The van der Waals surface area contributed by atoms with E-state index in [-0.39, 0.29) is 17.8 Å². The average molecular weight is 513 g/mol. The highest BCUT2D eigenvalue weighted by atomic mass is 32.2. The molecule has 4 atom stereocenters. The van der Waals surface area contributed by atoms with E-state index in [2.05, 4.69) is 38.7 Å². The van der Waals surface area contributed by atoms with Gasteiger partial charge in [0.2, 0.25) is 0 Å². The Morgan fingerprint density at radius 1 is 1.19 bits per heavy atom. The summed E-state index contributed by atoms with van der Waals surface area (Å²) in [5.74, 6) is 8.46. The summed E-state index contributed by atoms with van der Waals surface area (Å²) in [5.41, 5.74) is 0. The molecule has 0 amide bonds. The SMILES string of the molecule is COC1=C(OC)CC(CCC(=N)N(N=NN)C2CC(OCC3=NC4C=CC=CC4S3)=NC(C)=N2)C=C1. The first-order valence-corrected chi connectivity index (χ1v) is 12.7. The molecule has 2 aliphatic heterocycles. The molecule has 12 heteroatoms. The smallest absolute Gasteiger partial charge is 0.194 e. The van der Waals surface area contributed by atoms with Crippen LogP contribution in [-0.2, 0) is 14.2 Å². The molecule has 0 saturated heterocycles. The van der Waals surface area contributed by atoms with E-state index >= 15 is 0 Å². The molecule has 0 radical (unpaired) electrons. The molecule has 2 aliphatic carbocycles. The van der Waals surface area contributed by atoms with Gasteiger partial charge in [-0.05, 0) is 30.6 Å². The van der Waals surface area contributed by atoms with Crippen LogP contribution in [0.1, 0.15) is 32.6 Å². The molecule has 36 heavy (non-hydrogen) atoms. The minimum Gasteiger partial charge on any atom is -0.497 e. The number of nitrogens with two attached hydrogens (primary N) is 1. The first-order chi connectivity index (χ1) is 17.5. The number of hydrogen-bond donors (Lipinski definition) is 2. The molecule has 3 N–H and O–H groups in total. The molecule has 0 aromatic carbocycles. The molecule has 0 fully saturated rings. The molecule has 0 aromatic heterocycles. The molecule has 2 heterocycles. The second-order valence-corrected chi connectivity index (χ2v) is 9.83. The highest BCUT2D eigenvalue weighted by Gasteiger charge is 2.30. The number of rotatable bonds is 9. The van der Waals surface area contributed by atoms with Gasteiger partial charge in [0.1, 0.15) is 29.1 Å². The number of ether oxygens (including phenoxy) is 3. The zero-order valence-electron chi connectivity index (χ0n) is 20.7. The van der Waals surface area contributed by atoms with Gasteiger partial charge in [0, 0.05) is 12.8 Å². The maximum absolute atomic E-state index is 8.68. The van der Waals surface area contributed by atoms with E-state index in [1.807, 2.05) is 18.2 Å². The van der Waals surface area contributed by atoms with E-state index in [4.69, 9.17) is 30.5 Å². The van der Waals surface area contributed by atoms with Crippen LogP contribution in [0.4, 0.5) is 0 Å². The summed E-state index contributed by atoms with van der Waals surface area (Å²) in [4.78, 5) is 13.7. The number of fused-ring (bicyclic) bond motifs is 1. The van der Waals surface area contributed by atoms with Crippen LogP contribution in [0.2, 0.25) is 0 Å². The summed E-state index contributed by atoms with van der Waals surface area (Å²) in [6.45, 7) is 2.14. The highest BCUT2D eigenvalue weighted by molar-refractivity contribution is 8.15. The molecular weight excluding hydrogens is 480 g/mol. The Labute approximate surface area is 215 Å². The molecule has 0 aromatic rings. The van der Waals surface area contributed by atoms with Gasteiger partial charge in [-0.3, -0.25) is 10.4 Å². The number of nitrogens with zero attached hydrogens (tertiary/aromatic N) is 6. The second-order valence-electron chi connectivity index (χ2n) is 8.57. The van der Waals surface area contributed by atoms with E-state index in [0.29, 0.717) is 42.9 Å². The minimum atomic E-state index is -0.514. The van der Waals surface area contributed by atoms with Gasteiger partial charge in [-0.1, -0.05) is 47.4 Å². The summed E-state index contributed by atoms with van der Waals surface area (Å²) >= 11 is 1.71. The molecule has 4 rings (SSSR count). The third kappa shape index (κ3) is 6.23. The van der Waals surface area contributed by atoms with Crippen molar-refractivity contribution in [3.8, 4) is 0 Å². The van der Waals surface area contributed by atoms with Crippen LogP contribution in [-0.4, -0.2) is 65.9 Å². The monoisotopic (exact) mass is 512 g/mol. The quantitative estimate of drug-likeness (QED) is 0.157. The summed E-state index contributed by atoms with van der Waals surface area (Å²) in [7, 11) is 3.26. The van der Waals surface area contributed by atoms with Crippen molar-refractivity contribution in [3.63, 3.8) is 0 Å². The Morgan fingerprint density at radius 2 is 2.03 bits per heavy atom. The van der Waals surface area contributed by atoms with E-state index in [1.165, 1.54) is 5.01 Å². The predicted molar refractivity (Wildman–Crippen MR) is 142 cm³/mol. The normalized spacial score (nSPS) is 26.9. The summed E-state index contributed by atoms with van der Waals surface area (Å²) in [6, 6.07) is 0.166. The minimum absolute atomic E-state index is 0.166. The van der Waals surface area contributed by atoms with Gasteiger partial charge in [0.15, 0.2) is 17.8 Å². The maximum Gasteiger partial charge on any atom is 0.194 e. The predicted octanol–water partition coefficient (Wildman–Crippen LogP) is 3.94. The highest BCUT2D eigenvalue weighted by Crippen LogP contribution is 2.31. The van der Waals surface area contributed by atoms with Gasteiger partial charge in [0.05, 0.1) is 31.9 Å². The van der Waals surface area contributed by atoms with E-state index in [0.717, 1.165) is 23.0 Å². The number of amidine groups is 2. The van der Waals surface area contributed by atoms with Crippen molar-refractivity contribution >= 4 is 34.4 Å². The van der Waals surface area contributed by atoms with Gasteiger partial charge < -0.3 is 20.1 Å². The maximum atomic E-state index is 8.68. The van der Waals surface area contributed by atoms with Crippen molar-refractivity contribution in [2.45, 2.75) is 50.1 Å². The summed E-state index contributed by atoms with van der Waals surface area (Å²) < 4.78 is 16.8. The Morgan fingerprint density at radius 3 is 2.78 bits per heavy atom. The lowest BCUT2D eigenvalue weighted by atomic mass is 9.93. The van der Waals surface area contributed by atoms with Gasteiger partial charge >= 0.3 is 0 Å². The number of methoxy groups -OCH3 is 2. The topological polar surface area (TPSA) is 143 Å². The molecule has 4 unspecified atom stereocenters. The van der Waals surface area contributed by atoms with Crippen LogP contribution in [0.15, 0.2) is 73.4 Å². The van der Waals surface area contributed by atoms with Gasteiger partial charge in [-0.2, -0.15) is 0 Å². The zero-order valence-corrected chi connectivity index (χ0v) is 21.5. The number of nitrogens with one attached hydrogen (secondary N) is 1. The lowest BCUT2D eigenvalue weighted by Crippen LogP contribution is -2.39. The largest absolute Gasteiger partial charge is 0.497 e. The first kappa shape index (κ1) is 25.7. The van der Waals surface area contributed by atoms with Gasteiger partial charge in [-0.25, -0.2) is 15.0 Å². The summed E-state index contributed by atoms with van der Waals surface area (Å²) in [5, 5.41) is 18.8. The van der Waals surface area contributed by atoms with Crippen molar-refractivity contribution in [3.05, 3.63) is 48.0 Å². The first-order valence-electron chi connectivity index (χ1n) is 11.8. The number of hydrogen-bond acceptors (Lipinski definition) is 10. The van der Waals surface area contributed by atoms with Crippen LogP contribution in [0.3, 0.4) is 0 Å². The Hall–Kier alpha value is -3.41. The van der Waals surface area contributed by atoms with Gasteiger partial charge in [-0.15, -0.1) is 0 Å². The van der Waals surface area contributed by atoms with Crippen molar-refractivity contribution in [2.24, 2.45) is 37.2 Å². The molecule has 0 bridgehead atoms. The Bertz CT molecular complexity index is 1090. The third-order valence-corrected chi connectivity index (χ3v) is 7.33. The van der Waals surface area contributed by atoms with E-state index < -0.39 is 6.17 Å². The molecule has 11 nitrogen and oxygen atoms in total. The molecule has 4 aliphatic rings. The number of thioether (sulfide) groups is 1. The average Bonchev–Trinajstić information content (AvgIpc) is 3.31. The van der Waals surface area contributed by atoms with Crippen LogP contribution in [0.5, 0.6) is 0 Å². The molecule has 192 valence electrons. The fourth-order valence-electron chi connectivity index (χ4n) is 4.35. The van der Waals surface area contributed by atoms with E-state index in [9.17, 15) is 0 Å². The Kier molecular flexibility index (Phi) is 8.57. The van der Waals surface area contributed by atoms with Crippen molar-refractivity contribution < 1.29 is 14.2 Å². The van der Waals surface area contributed by atoms with Crippen LogP contribution >= 0.6 is 11.8 Å². The lowest BCUT2D eigenvalue weighted by molar-refractivity contribution is 0.208. The van der Waals surface area contributed by atoms with Gasteiger partial charge in [0.25, 0.3) is 0 Å². The molecule has 0 saturated carbocycles. The van der Waals surface area contributed by atoms with Crippen molar-refractivity contribution in [1.29, 1.82) is 5.41 Å². The lowest BCUT2D eigenvalue weighted by Gasteiger charge is -2.28. The van der Waals surface area contributed by atoms with Crippen molar-refractivity contribution in [1.82, 2.24) is 5.01 Å². The number of aliphatic imine (C=N–C) groups is 3. The fraction of sp³-hybridized carbons (Fsp3) is 0.500. The second kappa shape index (κ2) is 12.0. The summed E-state index contributed by atoms with van der Waals surface area (Å²) in [6.07, 6.45) is 14.1. The third-order valence-electron chi connectivity index (χ3n) is 6.13. The van der Waals surface area contributed by atoms with Crippen LogP contribution in [0, 0.1) is 11.3 Å². The standard InChI is InChI=1S/C24H32N8O3S/c1-15-27-22(13-23(28-15)35-14-24-29-17-6-4-5-7-20(17)36-24)32(31-30-26)21(25)11-9-16-8-10-18(33-2)19(12-16)34-3/h4-8,10,16-17,20,22,25H,9,11-14H2,1-3H3,(H2,26,31). The van der Waals surface area contributed by atoms with Crippen molar-refractivity contribution in [2.75, 3.05) is 20.8 Å². The molecule has 0 spiro atoms. The Balaban J connectivity index is 1.33. The zero-order chi connectivity index (χ0) is 25.5. The number of allylic oxidation sites excluding steroid dienone is 5. The van der Waals surface area contributed by atoms with Crippen LogP contribution in [0.25, 0.3) is 0 Å².